The first-order chi connectivity index (χ1) is 7.77. The van der Waals surface area contributed by atoms with Gasteiger partial charge in [0.15, 0.2) is 0 Å². The molecule has 0 bridgehead atoms. The van der Waals surface area contributed by atoms with Crippen molar-refractivity contribution in [1.82, 2.24) is 0 Å². The van der Waals surface area contributed by atoms with E-state index in [4.69, 9.17) is 5.11 Å². The van der Waals surface area contributed by atoms with Crippen LogP contribution in [0.4, 0.5) is 26.3 Å². The van der Waals surface area contributed by atoms with E-state index in [0.29, 0.717) is 19.9 Å². The van der Waals surface area contributed by atoms with Crippen molar-refractivity contribution in [1.29, 1.82) is 0 Å². The van der Waals surface area contributed by atoms with Gasteiger partial charge < -0.3 is 5.11 Å². The summed E-state index contributed by atoms with van der Waals surface area (Å²) in [6, 6.07) is 0. The van der Waals surface area contributed by atoms with Crippen molar-refractivity contribution in [2.24, 2.45) is 5.41 Å². The molecule has 0 aliphatic carbocycles. The van der Waals surface area contributed by atoms with Crippen LogP contribution < -0.4 is 0 Å². The quantitative estimate of drug-likeness (QED) is 0.616. The van der Waals surface area contributed by atoms with Gasteiger partial charge in [0.05, 0.1) is 5.41 Å². The highest BCUT2D eigenvalue weighted by Crippen LogP contribution is 2.50. The summed E-state index contributed by atoms with van der Waals surface area (Å²) in [5, 5.41) is 8.47. The van der Waals surface area contributed by atoms with E-state index in [1.807, 2.05) is 0 Å². The lowest BCUT2D eigenvalue weighted by atomic mass is 9.80. The Balaban J connectivity index is 5.60. The maximum absolute atomic E-state index is 13.4. The van der Waals surface area contributed by atoms with Crippen molar-refractivity contribution in [3.8, 4) is 0 Å². The van der Waals surface area contributed by atoms with Crippen LogP contribution in [0.5, 0.6) is 0 Å². The highest BCUT2D eigenvalue weighted by Gasteiger charge is 2.68. The molecule has 0 aliphatic rings. The second-order valence-corrected chi connectivity index (χ2v) is 4.35. The molecule has 0 saturated carbocycles. The first kappa shape index (κ1) is 16.8. The SMILES string of the molecule is CC(=CC(C)(C)C(F)(F)C(F)(F)C(F)F)C(=O)O. The Morgan fingerprint density at radius 3 is 1.83 bits per heavy atom. The average molecular weight is 278 g/mol. The lowest BCUT2D eigenvalue weighted by Gasteiger charge is -2.36. The van der Waals surface area contributed by atoms with Gasteiger partial charge in [-0.05, 0) is 6.92 Å². The molecule has 18 heavy (non-hydrogen) atoms. The van der Waals surface area contributed by atoms with E-state index in [0.717, 1.165) is 6.92 Å². The largest absolute Gasteiger partial charge is 0.478 e. The standard InChI is InChI=1S/C10H12F6O2/c1-5(6(17)18)4-8(2,3)10(15,16)9(13,14)7(11)12/h4,7H,1-3H3,(H,17,18). The Kier molecular flexibility index (Phi) is 4.49. The van der Waals surface area contributed by atoms with Crippen LogP contribution in [0.1, 0.15) is 20.8 Å². The molecule has 0 fully saturated rings. The molecule has 0 unspecified atom stereocenters. The molecule has 2 nitrogen and oxygen atoms in total. The predicted octanol–water partition coefficient (Wildman–Crippen LogP) is 3.58. The minimum atomic E-state index is -5.55. The smallest absolute Gasteiger partial charge is 0.370 e. The molecule has 106 valence electrons. The average Bonchev–Trinajstić information content (AvgIpc) is 2.15. The highest BCUT2D eigenvalue weighted by molar-refractivity contribution is 5.85. The molecule has 0 spiro atoms. The second kappa shape index (κ2) is 4.81. The molecule has 0 aromatic heterocycles. The zero-order chi connectivity index (χ0) is 14.9. The van der Waals surface area contributed by atoms with Crippen LogP contribution in [0.15, 0.2) is 11.6 Å². The lowest BCUT2D eigenvalue weighted by molar-refractivity contribution is -0.294. The summed E-state index contributed by atoms with van der Waals surface area (Å²) in [6.45, 7) is 2.03. The van der Waals surface area contributed by atoms with Crippen LogP contribution in [0.3, 0.4) is 0 Å². The van der Waals surface area contributed by atoms with E-state index in [1.54, 1.807) is 0 Å². The number of allylic oxidation sites excluding steroid dienone is 1. The maximum Gasteiger partial charge on any atom is 0.370 e. The van der Waals surface area contributed by atoms with Crippen LogP contribution in [-0.2, 0) is 4.79 Å². The Labute approximate surface area is 99.3 Å². The van der Waals surface area contributed by atoms with Crippen LogP contribution in [0, 0.1) is 5.41 Å². The predicted molar refractivity (Wildman–Crippen MR) is 51.1 cm³/mol. The van der Waals surface area contributed by atoms with Gasteiger partial charge in [0.2, 0.25) is 0 Å². The third kappa shape index (κ3) is 2.78. The Bertz CT molecular complexity index is 359. The van der Waals surface area contributed by atoms with Gasteiger partial charge in [-0.25, -0.2) is 13.6 Å². The maximum atomic E-state index is 13.4. The highest BCUT2D eigenvalue weighted by atomic mass is 19.3. The molecule has 0 saturated heterocycles. The molecule has 0 radical (unpaired) electrons. The number of carboxylic acids is 1. The van der Waals surface area contributed by atoms with Gasteiger partial charge in [-0.3, -0.25) is 0 Å². The third-order valence-corrected chi connectivity index (χ3v) is 2.42. The molecule has 0 heterocycles. The van der Waals surface area contributed by atoms with Crippen LogP contribution >= 0.6 is 0 Å². The summed E-state index contributed by atoms with van der Waals surface area (Å²) in [5.74, 6) is -12.2. The van der Waals surface area contributed by atoms with E-state index in [2.05, 4.69) is 0 Å². The van der Waals surface area contributed by atoms with Crippen molar-refractivity contribution < 1.29 is 36.2 Å². The van der Waals surface area contributed by atoms with Gasteiger partial charge in [-0.1, -0.05) is 19.9 Å². The minimum Gasteiger partial charge on any atom is -0.478 e. The molecular weight excluding hydrogens is 266 g/mol. The van der Waals surface area contributed by atoms with Crippen LogP contribution in [0.25, 0.3) is 0 Å². The van der Waals surface area contributed by atoms with Crippen molar-refractivity contribution in [2.75, 3.05) is 0 Å². The van der Waals surface area contributed by atoms with Gasteiger partial charge in [-0.15, -0.1) is 0 Å². The first-order valence-corrected chi connectivity index (χ1v) is 4.74. The van der Waals surface area contributed by atoms with E-state index in [9.17, 15) is 31.1 Å². The van der Waals surface area contributed by atoms with Crippen LogP contribution in [-0.4, -0.2) is 29.3 Å². The molecule has 0 aliphatic heterocycles. The van der Waals surface area contributed by atoms with E-state index in [-0.39, 0.29) is 0 Å². The van der Waals surface area contributed by atoms with Crippen molar-refractivity contribution in [3.05, 3.63) is 11.6 Å². The summed E-state index contributed by atoms with van der Waals surface area (Å²) in [5.41, 5.74) is -3.38. The monoisotopic (exact) mass is 278 g/mol. The van der Waals surface area contributed by atoms with Gasteiger partial charge >= 0.3 is 24.2 Å². The summed E-state index contributed by atoms with van der Waals surface area (Å²) < 4.78 is 76.3. The first-order valence-electron chi connectivity index (χ1n) is 4.74. The normalized spacial score (nSPS) is 15.1. The van der Waals surface area contributed by atoms with Gasteiger partial charge in [-0.2, -0.15) is 17.6 Å². The zero-order valence-corrected chi connectivity index (χ0v) is 9.78. The fraction of sp³-hybridized carbons (Fsp3) is 0.700. The second-order valence-electron chi connectivity index (χ2n) is 4.35. The van der Waals surface area contributed by atoms with E-state index >= 15 is 0 Å². The fourth-order valence-electron chi connectivity index (χ4n) is 1.26. The van der Waals surface area contributed by atoms with Crippen molar-refractivity contribution in [2.45, 2.75) is 39.0 Å². The number of carbonyl (C=O) groups is 1. The molecule has 0 rings (SSSR count). The molecule has 1 N–H and O–H groups in total. The van der Waals surface area contributed by atoms with Gasteiger partial charge in [0.25, 0.3) is 0 Å². The minimum absolute atomic E-state index is 0.339. The molecule has 0 atom stereocenters. The van der Waals surface area contributed by atoms with Crippen molar-refractivity contribution >= 4 is 5.97 Å². The van der Waals surface area contributed by atoms with Gasteiger partial charge in [0, 0.05) is 5.57 Å². The number of hydrogen-bond donors (Lipinski definition) is 1. The Morgan fingerprint density at radius 2 is 1.56 bits per heavy atom. The lowest BCUT2D eigenvalue weighted by Crippen LogP contribution is -2.54. The molecule has 8 heteroatoms. The zero-order valence-electron chi connectivity index (χ0n) is 9.78. The van der Waals surface area contributed by atoms with E-state index < -0.39 is 35.2 Å². The fourth-order valence-corrected chi connectivity index (χ4v) is 1.26. The number of alkyl halides is 6. The number of rotatable bonds is 5. The molecule has 0 amide bonds. The van der Waals surface area contributed by atoms with Crippen molar-refractivity contribution in [3.63, 3.8) is 0 Å². The summed E-state index contributed by atoms with van der Waals surface area (Å²) in [4.78, 5) is 10.4. The number of carboxylic acid groups (broad SMARTS) is 1. The summed E-state index contributed by atoms with van der Waals surface area (Å²) >= 11 is 0. The van der Waals surface area contributed by atoms with E-state index in [1.165, 1.54) is 0 Å². The number of halogens is 6. The summed E-state index contributed by atoms with van der Waals surface area (Å²) in [6.07, 6.45) is -4.21. The Hall–Kier alpha value is -1.21. The number of aliphatic carboxylic acids is 1. The summed E-state index contributed by atoms with van der Waals surface area (Å²) in [7, 11) is 0. The topological polar surface area (TPSA) is 37.3 Å². The number of hydrogen-bond acceptors (Lipinski definition) is 1. The van der Waals surface area contributed by atoms with Crippen LogP contribution in [0.2, 0.25) is 0 Å². The molecule has 0 aromatic carbocycles. The molecule has 0 aromatic rings. The third-order valence-electron chi connectivity index (χ3n) is 2.42. The molecular formula is C10H12F6O2. The Morgan fingerprint density at radius 1 is 1.17 bits per heavy atom. The van der Waals surface area contributed by atoms with Gasteiger partial charge in [0.1, 0.15) is 0 Å².